The van der Waals surface area contributed by atoms with Crippen LogP contribution in [0.25, 0.3) is 17.2 Å². The third kappa shape index (κ3) is 6.45. The van der Waals surface area contributed by atoms with Crippen molar-refractivity contribution in [1.29, 1.82) is 0 Å². The van der Waals surface area contributed by atoms with Crippen molar-refractivity contribution < 1.29 is 23.1 Å². The first kappa shape index (κ1) is 22.1. The summed E-state index contributed by atoms with van der Waals surface area (Å²) in [6.45, 7) is 6.41. The van der Waals surface area contributed by atoms with Crippen LogP contribution in [0.4, 0.5) is 0 Å². The molecule has 0 aliphatic rings. The number of carbonyl (C=O) groups is 1. The van der Waals surface area contributed by atoms with Gasteiger partial charge in [-0.1, -0.05) is 48.5 Å². The highest BCUT2D eigenvalue weighted by Crippen LogP contribution is 2.52. The molecule has 0 radical (unpaired) electrons. The van der Waals surface area contributed by atoms with E-state index in [0.29, 0.717) is 19.8 Å². The largest absolute Gasteiger partial charge is 0.463 e. The first-order chi connectivity index (χ1) is 13.5. The molecule has 0 bridgehead atoms. The van der Waals surface area contributed by atoms with Crippen LogP contribution in [0, 0.1) is 0 Å². The average molecular weight is 402 g/mol. The summed E-state index contributed by atoms with van der Waals surface area (Å²) in [6, 6.07) is 15.6. The number of hydrogen-bond donors (Lipinski definition) is 0. The molecular formula is C22H27O5P. The lowest BCUT2D eigenvalue weighted by Gasteiger charge is -2.19. The lowest BCUT2D eigenvalue weighted by molar-refractivity contribution is -0.137. The van der Waals surface area contributed by atoms with Gasteiger partial charge >= 0.3 is 13.6 Å². The van der Waals surface area contributed by atoms with Crippen LogP contribution in [0.1, 0.15) is 31.9 Å². The SMILES string of the molecule is CCOC(=O)/C=C/c1ccc(-c2ccccc2CP(=O)(OCC)OCC)cc1. The molecule has 0 saturated carbocycles. The van der Waals surface area contributed by atoms with Gasteiger partial charge in [-0.05, 0) is 49.1 Å². The van der Waals surface area contributed by atoms with E-state index in [9.17, 15) is 9.36 Å². The summed E-state index contributed by atoms with van der Waals surface area (Å²) in [4.78, 5) is 11.4. The van der Waals surface area contributed by atoms with Crippen LogP contribution in [0.5, 0.6) is 0 Å². The molecule has 2 rings (SSSR count). The minimum atomic E-state index is -3.19. The molecule has 0 heterocycles. The van der Waals surface area contributed by atoms with Crippen LogP contribution in [0.2, 0.25) is 0 Å². The Morgan fingerprint density at radius 2 is 1.57 bits per heavy atom. The third-order valence-electron chi connectivity index (χ3n) is 3.95. The smallest absolute Gasteiger partial charge is 0.335 e. The molecule has 0 amide bonds. The molecular weight excluding hydrogens is 375 g/mol. The van der Waals surface area contributed by atoms with Crippen molar-refractivity contribution in [2.45, 2.75) is 26.9 Å². The lowest BCUT2D eigenvalue weighted by Crippen LogP contribution is -2.00. The summed E-state index contributed by atoms with van der Waals surface area (Å²) in [5, 5.41) is 0. The van der Waals surface area contributed by atoms with Crippen molar-refractivity contribution in [2.24, 2.45) is 0 Å². The van der Waals surface area contributed by atoms with E-state index in [0.717, 1.165) is 22.3 Å². The Morgan fingerprint density at radius 3 is 2.18 bits per heavy atom. The fraction of sp³-hybridized carbons (Fsp3) is 0.318. The van der Waals surface area contributed by atoms with E-state index in [2.05, 4.69) is 0 Å². The molecule has 2 aromatic rings. The molecule has 0 saturated heterocycles. The van der Waals surface area contributed by atoms with Gasteiger partial charge in [0.1, 0.15) is 0 Å². The number of esters is 1. The summed E-state index contributed by atoms with van der Waals surface area (Å²) in [6.07, 6.45) is 3.34. The van der Waals surface area contributed by atoms with Gasteiger partial charge in [0.25, 0.3) is 0 Å². The molecule has 0 fully saturated rings. The summed E-state index contributed by atoms with van der Waals surface area (Å²) in [5.74, 6) is -0.362. The molecule has 150 valence electrons. The van der Waals surface area contributed by atoms with E-state index in [1.165, 1.54) is 6.08 Å². The Balaban J connectivity index is 2.24. The zero-order valence-corrected chi connectivity index (χ0v) is 17.5. The highest BCUT2D eigenvalue weighted by Gasteiger charge is 2.25. The van der Waals surface area contributed by atoms with Crippen LogP contribution in [0.3, 0.4) is 0 Å². The minimum Gasteiger partial charge on any atom is -0.463 e. The second kappa shape index (κ2) is 11.0. The minimum absolute atomic E-state index is 0.218. The van der Waals surface area contributed by atoms with E-state index < -0.39 is 7.60 Å². The van der Waals surface area contributed by atoms with E-state index in [1.807, 2.05) is 48.5 Å². The zero-order valence-electron chi connectivity index (χ0n) is 16.6. The van der Waals surface area contributed by atoms with Crippen LogP contribution in [0.15, 0.2) is 54.6 Å². The second-order valence-electron chi connectivity index (χ2n) is 5.97. The summed E-state index contributed by atoms with van der Waals surface area (Å²) < 4.78 is 28.7. The topological polar surface area (TPSA) is 61.8 Å². The fourth-order valence-electron chi connectivity index (χ4n) is 2.80. The lowest BCUT2D eigenvalue weighted by atomic mass is 9.99. The molecule has 5 nitrogen and oxygen atoms in total. The highest BCUT2D eigenvalue weighted by molar-refractivity contribution is 7.53. The maximum atomic E-state index is 12.9. The van der Waals surface area contributed by atoms with E-state index in [1.54, 1.807) is 26.8 Å². The Kier molecular flexibility index (Phi) is 8.65. The summed E-state index contributed by atoms with van der Waals surface area (Å²) >= 11 is 0. The monoisotopic (exact) mass is 402 g/mol. The first-order valence-electron chi connectivity index (χ1n) is 9.42. The van der Waals surface area contributed by atoms with Crippen molar-refractivity contribution in [3.05, 3.63) is 65.7 Å². The van der Waals surface area contributed by atoms with Crippen LogP contribution in [-0.2, 0) is 29.3 Å². The molecule has 0 aliphatic heterocycles. The van der Waals surface area contributed by atoms with Gasteiger partial charge in [0.05, 0.1) is 26.0 Å². The normalized spacial score (nSPS) is 11.7. The van der Waals surface area contributed by atoms with E-state index in [-0.39, 0.29) is 12.1 Å². The van der Waals surface area contributed by atoms with Crippen LogP contribution in [-0.4, -0.2) is 25.8 Å². The summed E-state index contributed by atoms with van der Waals surface area (Å²) in [7, 11) is -3.19. The number of carbonyl (C=O) groups excluding carboxylic acids is 1. The van der Waals surface area contributed by atoms with Crippen LogP contribution < -0.4 is 0 Å². The van der Waals surface area contributed by atoms with Crippen molar-refractivity contribution in [1.82, 2.24) is 0 Å². The predicted molar refractivity (Wildman–Crippen MR) is 112 cm³/mol. The number of benzene rings is 2. The Morgan fingerprint density at radius 1 is 0.929 bits per heavy atom. The van der Waals surface area contributed by atoms with E-state index >= 15 is 0 Å². The van der Waals surface area contributed by atoms with Gasteiger partial charge in [0.15, 0.2) is 0 Å². The average Bonchev–Trinajstić information content (AvgIpc) is 2.68. The van der Waals surface area contributed by atoms with Gasteiger partial charge in [-0.3, -0.25) is 4.57 Å². The van der Waals surface area contributed by atoms with Gasteiger partial charge in [-0.15, -0.1) is 0 Å². The maximum absolute atomic E-state index is 12.9. The van der Waals surface area contributed by atoms with Crippen molar-refractivity contribution in [3.8, 4) is 11.1 Å². The second-order valence-corrected chi connectivity index (χ2v) is 8.02. The zero-order chi connectivity index (χ0) is 20.4. The highest BCUT2D eigenvalue weighted by atomic mass is 31.2. The molecule has 2 aromatic carbocycles. The van der Waals surface area contributed by atoms with Crippen LogP contribution >= 0.6 is 7.60 Å². The van der Waals surface area contributed by atoms with Gasteiger partial charge in [0.2, 0.25) is 0 Å². The Labute approximate surface area is 166 Å². The molecule has 0 N–H and O–H groups in total. The molecule has 0 unspecified atom stereocenters. The van der Waals surface area contributed by atoms with Gasteiger partial charge in [-0.25, -0.2) is 4.79 Å². The van der Waals surface area contributed by atoms with Gasteiger partial charge in [-0.2, -0.15) is 0 Å². The van der Waals surface area contributed by atoms with E-state index in [4.69, 9.17) is 13.8 Å². The fourth-order valence-corrected chi connectivity index (χ4v) is 4.54. The van der Waals surface area contributed by atoms with Crippen molar-refractivity contribution >= 4 is 19.6 Å². The predicted octanol–water partition coefficient (Wildman–Crippen LogP) is 5.70. The number of ether oxygens (including phenoxy) is 1. The maximum Gasteiger partial charge on any atom is 0.335 e. The Hall–Kier alpha value is -2.20. The standard InChI is InChI=1S/C22H27O5P/c1-4-25-22(23)16-13-18-11-14-19(15-12-18)21-10-8-7-9-20(21)17-28(24,26-5-2)27-6-3/h7-16H,4-6,17H2,1-3H3/b16-13+. The van der Waals surface area contributed by atoms with Crippen molar-refractivity contribution in [3.63, 3.8) is 0 Å². The molecule has 0 aliphatic carbocycles. The Bertz CT molecular complexity index is 832. The molecule has 0 spiro atoms. The first-order valence-corrected chi connectivity index (χ1v) is 11.2. The van der Waals surface area contributed by atoms with Gasteiger partial charge < -0.3 is 13.8 Å². The van der Waals surface area contributed by atoms with Gasteiger partial charge in [0, 0.05) is 6.08 Å². The molecule has 0 atom stereocenters. The summed E-state index contributed by atoms with van der Waals surface area (Å²) in [5.41, 5.74) is 3.76. The third-order valence-corrected chi connectivity index (χ3v) is 5.98. The molecule has 6 heteroatoms. The quantitative estimate of drug-likeness (QED) is 0.290. The molecule has 28 heavy (non-hydrogen) atoms. The van der Waals surface area contributed by atoms with Crippen molar-refractivity contribution in [2.75, 3.05) is 19.8 Å². The number of hydrogen-bond acceptors (Lipinski definition) is 5. The molecule has 0 aromatic heterocycles. The number of rotatable bonds is 10.